The van der Waals surface area contributed by atoms with Gasteiger partial charge in [0, 0.05) is 12.6 Å². The van der Waals surface area contributed by atoms with Crippen molar-refractivity contribution in [1.82, 2.24) is 15.0 Å². The Kier molecular flexibility index (Phi) is 5.31. The zero-order valence-corrected chi connectivity index (χ0v) is 15.1. The summed E-state index contributed by atoms with van der Waals surface area (Å²) in [5.74, 6) is 1.40. The Balaban J connectivity index is 1.56. The lowest BCUT2D eigenvalue weighted by Gasteiger charge is -2.15. The minimum absolute atomic E-state index is 0.0430. The van der Waals surface area contributed by atoms with Gasteiger partial charge in [-0.05, 0) is 37.1 Å². The van der Waals surface area contributed by atoms with Gasteiger partial charge in [-0.2, -0.15) is 4.98 Å². The number of aromatic nitrogens is 2. The summed E-state index contributed by atoms with van der Waals surface area (Å²) in [7, 11) is 1.68. The van der Waals surface area contributed by atoms with E-state index >= 15 is 0 Å². The summed E-state index contributed by atoms with van der Waals surface area (Å²) in [5, 5.41) is 3.96. The summed E-state index contributed by atoms with van der Waals surface area (Å²) in [4.78, 5) is 18.1. The van der Waals surface area contributed by atoms with Gasteiger partial charge in [-0.15, -0.1) is 0 Å². The number of carbonyl (C=O) groups excluding carboxylic acids is 1. The second-order valence-electron chi connectivity index (χ2n) is 6.16. The summed E-state index contributed by atoms with van der Waals surface area (Å²) in [6.45, 7) is 4.23. The van der Waals surface area contributed by atoms with Gasteiger partial charge in [-0.3, -0.25) is 4.79 Å². The molecule has 0 aliphatic heterocycles. The van der Waals surface area contributed by atoms with Gasteiger partial charge in [0.25, 0.3) is 5.91 Å². The number of rotatable bonds is 6. The smallest absolute Gasteiger partial charge is 0.260 e. The first kappa shape index (κ1) is 17.7. The minimum Gasteiger partial charge on any atom is -0.484 e. The third-order valence-electron chi connectivity index (χ3n) is 4.14. The van der Waals surface area contributed by atoms with Crippen LogP contribution in [0.3, 0.4) is 0 Å². The Morgan fingerprint density at radius 3 is 2.62 bits per heavy atom. The highest BCUT2D eigenvalue weighted by atomic mass is 16.5. The zero-order chi connectivity index (χ0) is 18.5. The van der Waals surface area contributed by atoms with Crippen LogP contribution in [0.2, 0.25) is 0 Å². The third kappa shape index (κ3) is 4.27. The van der Waals surface area contributed by atoms with Crippen molar-refractivity contribution in [1.29, 1.82) is 0 Å². The van der Waals surface area contributed by atoms with E-state index in [4.69, 9.17) is 9.26 Å². The monoisotopic (exact) mass is 351 g/mol. The van der Waals surface area contributed by atoms with E-state index < -0.39 is 0 Å². The molecule has 0 saturated heterocycles. The van der Waals surface area contributed by atoms with Crippen molar-refractivity contribution in [3.63, 3.8) is 0 Å². The molecule has 6 heteroatoms. The van der Waals surface area contributed by atoms with E-state index in [1.807, 2.05) is 62.4 Å². The van der Waals surface area contributed by atoms with Crippen LogP contribution in [0.25, 0.3) is 11.4 Å². The second-order valence-corrected chi connectivity index (χ2v) is 6.16. The molecule has 0 radical (unpaired) electrons. The second kappa shape index (κ2) is 7.82. The number of carbonyl (C=O) groups is 1. The van der Waals surface area contributed by atoms with Crippen molar-refractivity contribution >= 4 is 5.91 Å². The Morgan fingerprint density at radius 1 is 1.12 bits per heavy atom. The number of hydrogen-bond acceptors (Lipinski definition) is 5. The molecule has 6 nitrogen and oxygen atoms in total. The van der Waals surface area contributed by atoms with Gasteiger partial charge >= 0.3 is 0 Å². The summed E-state index contributed by atoms with van der Waals surface area (Å²) in [6, 6.07) is 15.3. The molecule has 1 heterocycles. The molecule has 1 aromatic heterocycles. The molecular weight excluding hydrogens is 330 g/mol. The Morgan fingerprint density at radius 2 is 1.88 bits per heavy atom. The summed E-state index contributed by atoms with van der Waals surface area (Å²) < 4.78 is 10.8. The molecule has 0 spiro atoms. The zero-order valence-electron chi connectivity index (χ0n) is 15.1. The molecule has 0 unspecified atom stereocenters. The van der Waals surface area contributed by atoms with Crippen molar-refractivity contribution in [2.24, 2.45) is 0 Å². The lowest BCUT2D eigenvalue weighted by Crippen LogP contribution is -2.31. The van der Waals surface area contributed by atoms with Gasteiger partial charge < -0.3 is 14.2 Å². The molecule has 0 bridgehead atoms. The maximum Gasteiger partial charge on any atom is 0.260 e. The third-order valence-corrected chi connectivity index (χ3v) is 4.14. The van der Waals surface area contributed by atoms with Crippen LogP contribution in [0, 0.1) is 13.8 Å². The van der Waals surface area contributed by atoms with E-state index in [0.717, 1.165) is 11.1 Å². The Labute approximate surface area is 152 Å². The summed E-state index contributed by atoms with van der Waals surface area (Å²) in [5.41, 5.74) is 3.18. The van der Waals surface area contributed by atoms with Crippen LogP contribution in [0.4, 0.5) is 0 Å². The van der Waals surface area contributed by atoms with Gasteiger partial charge in [0.2, 0.25) is 11.7 Å². The fourth-order valence-electron chi connectivity index (χ4n) is 2.37. The topological polar surface area (TPSA) is 68.5 Å². The Bertz CT molecular complexity index is 890. The Hall–Kier alpha value is -3.15. The molecule has 0 fully saturated rings. The predicted molar refractivity (Wildman–Crippen MR) is 97.6 cm³/mol. The molecule has 3 rings (SSSR count). The molecule has 0 aliphatic carbocycles. The number of benzene rings is 2. The van der Waals surface area contributed by atoms with Gasteiger partial charge in [-0.25, -0.2) is 0 Å². The number of likely N-dealkylation sites (N-methyl/N-ethyl adjacent to an activating group) is 1. The molecule has 0 N–H and O–H groups in total. The highest BCUT2D eigenvalue weighted by molar-refractivity contribution is 5.77. The predicted octanol–water partition coefficient (Wildman–Crippen LogP) is 3.39. The molecule has 26 heavy (non-hydrogen) atoms. The average Bonchev–Trinajstić information content (AvgIpc) is 3.11. The van der Waals surface area contributed by atoms with Crippen molar-refractivity contribution < 1.29 is 14.1 Å². The number of amides is 1. The first-order valence-electron chi connectivity index (χ1n) is 8.35. The van der Waals surface area contributed by atoms with Crippen molar-refractivity contribution in [3.05, 3.63) is 65.5 Å². The summed E-state index contributed by atoms with van der Waals surface area (Å²) in [6.07, 6.45) is 0. The van der Waals surface area contributed by atoms with Gasteiger partial charge in [0.1, 0.15) is 5.75 Å². The van der Waals surface area contributed by atoms with Gasteiger partial charge in [-0.1, -0.05) is 41.6 Å². The fourth-order valence-corrected chi connectivity index (χ4v) is 2.37. The van der Waals surface area contributed by atoms with E-state index in [9.17, 15) is 4.79 Å². The van der Waals surface area contributed by atoms with E-state index in [-0.39, 0.29) is 19.1 Å². The molecule has 134 valence electrons. The van der Waals surface area contributed by atoms with E-state index in [1.165, 1.54) is 10.5 Å². The molecule has 1 amide bonds. The number of hydrogen-bond donors (Lipinski definition) is 0. The fraction of sp³-hybridized carbons (Fsp3) is 0.250. The van der Waals surface area contributed by atoms with Crippen LogP contribution in [0.5, 0.6) is 5.75 Å². The lowest BCUT2D eigenvalue weighted by molar-refractivity contribution is -0.132. The van der Waals surface area contributed by atoms with E-state index in [0.29, 0.717) is 17.5 Å². The van der Waals surface area contributed by atoms with Crippen LogP contribution in [-0.2, 0) is 11.3 Å². The van der Waals surface area contributed by atoms with Crippen molar-refractivity contribution in [3.8, 4) is 17.1 Å². The molecular formula is C20H21N3O3. The minimum atomic E-state index is -0.164. The number of nitrogens with zero attached hydrogens (tertiary/aromatic N) is 3. The van der Waals surface area contributed by atoms with E-state index in [2.05, 4.69) is 10.1 Å². The van der Waals surface area contributed by atoms with Crippen LogP contribution in [0.1, 0.15) is 17.0 Å². The van der Waals surface area contributed by atoms with E-state index in [1.54, 1.807) is 7.05 Å². The molecule has 3 aromatic rings. The SMILES string of the molecule is Cc1ccc(OCC(=O)N(C)Cc2nc(-c3ccccc3)no2)cc1C. The highest BCUT2D eigenvalue weighted by Crippen LogP contribution is 2.17. The average molecular weight is 351 g/mol. The van der Waals surface area contributed by atoms with Crippen LogP contribution < -0.4 is 4.74 Å². The normalized spacial score (nSPS) is 10.6. The maximum atomic E-state index is 12.3. The molecule has 0 aliphatic rings. The van der Waals surface area contributed by atoms with Crippen molar-refractivity contribution in [2.75, 3.05) is 13.7 Å². The standard InChI is InChI=1S/C20H21N3O3/c1-14-9-10-17(11-15(14)2)25-13-19(24)23(3)12-18-21-20(22-26-18)16-7-5-4-6-8-16/h4-11H,12-13H2,1-3H3. The molecule has 2 aromatic carbocycles. The van der Waals surface area contributed by atoms with Gasteiger partial charge in [0.05, 0.1) is 6.54 Å². The quantitative estimate of drug-likeness (QED) is 0.681. The van der Waals surface area contributed by atoms with Crippen LogP contribution in [0.15, 0.2) is 53.1 Å². The maximum absolute atomic E-state index is 12.3. The summed E-state index contributed by atoms with van der Waals surface area (Å²) >= 11 is 0. The number of aryl methyl sites for hydroxylation is 2. The van der Waals surface area contributed by atoms with Crippen molar-refractivity contribution in [2.45, 2.75) is 20.4 Å². The van der Waals surface area contributed by atoms with Crippen LogP contribution >= 0.6 is 0 Å². The molecule has 0 saturated carbocycles. The van der Waals surface area contributed by atoms with Gasteiger partial charge in [0.15, 0.2) is 6.61 Å². The number of ether oxygens (including phenoxy) is 1. The first-order valence-corrected chi connectivity index (χ1v) is 8.35. The van der Waals surface area contributed by atoms with Crippen LogP contribution in [-0.4, -0.2) is 34.6 Å². The lowest BCUT2D eigenvalue weighted by atomic mass is 10.1. The first-order chi connectivity index (χ1) is 12.5. The highest BCUT2D eigenvalue weighted by Gasteiger charge is 2.15. The molecule has 0 atom stereocenters. The largest absolute Gasteiger partial charge is 0.484 e.